The first-order chi connectivity index (χ1) is 7.10. The van der Waals surface area contributed by atoms with Crippen LogP contribution >= 0.6 is 0 Å². The van der Waals surface area contributed by atoms with Crippen LogP contribution in [-0.2, 0) is 14.3 Å². The molecule has 1 aliphatic heterocycles. The molecule has 1 heterocycles. The number of carbonyl (C=O) groups excluding carboxylic acids is 1. The Morgan fingerprint density at radius 3 is 2.80 bits per heavy atom. The maximum absolute atomic E-state index is 11.2. The van der Waals surface area contributed by atoms with Gasteiger partial charge in [0.05, 0.1) is 12.7 Å². The largest absolute Gasteiger partial charge is 0.492 e. The fourth-order valence-corrected chi connectivity index (χ4v) is 1.41. The van der Waals surface area contributed by atoms with Crippen molar-refractivity contribution in [3.8, 4) is 0 Å². The second-order valence-corrected chi connectivity index (χ2v) is 3.57. The SMILES string of the molecule is COC1=C(C)C(=O)O/C1=C/[C@@H](C)CCO. The highest BCUT2D eigenvalue weighted by molar-refractivity contribution is 5.93. The van der Waals surface area contributed by atoms with Crippen molar-refractivity contribution in [3.05, 3.63) is 23.2 Å². The maximum Gasteiger partial charge on any atom is 0.343 e. The van der Waals surface area contributed by atoms with Gasteiger partial charge in [0, 0.05) is 6.61 Å². The monoisotopic (exact) mass is 212 g/mol. The molecule has 0 spiro atoms. The van der Waals surface area contributed by atoms with Crippen LogP contribution in [0.1, 0.15) is 20.3 Å². The van der Waals surface area contributed by atoms with Crippen LogP contribution < -0.4 is 0 Å². The molecular formula is C11H16O4. The van der Waals surface area contributed by atoms with Crippen LogP contribution in [0.2, 0.25) is 0 Å². The summed E-state index contributed by atoms with van der Waals surface area (Å²) in [4.78, 5) is 11.2. The van der Waals surface area contributed by atoms with Crippen molar-refractivity contribution in [2.24, 2.45) is 5.92 Å². The Bertz CT molecular complexity index is 315. The summed E-state index contributed by atoms with van der Waals surface area (Å²) in [5.41, 5.74) is 0.486. The zero-order valence-electron chi connectivity index (χ0n) is 9.24. The van der Waals surface area contributed by atoms with Gasteiger partial charge >= 0.3 is 5.97 Å². The Kier molecular flexibility index (Phi) is 3.91. The lowest BCUT2D eigenvalue weighted by atomic mass is 10.1. The van der Waals surface area contributed by atoms with E-state index in [4.69, 9.17) is 14.6 Å². The molecule has 1 aliphatic rings. The molecule has 0 amide bonds. The number of esters is 1. The third-order valence-electron chi connectivity index (χ3n) is 2.30. The Morgan fingerprint density at radius 2 is 2.27 bits per heavy atom. The van der Waals surface area contributed by atoms with Crippen molar-refractivity contribution in [2.75, 3.05) is 13.7 Å². The molecule has 0 aromatic rings. The van der Waals surface area contributed by atoms with Gasteiger partial charge < -0.3 is 14.6 Å². The molecular weight excluding hydrogens is 196 g/mol. The second-order valence-electron chi connectivity index (χ2n) is 3.57. The van der Waals surface area contributed by atoms with Crippen molar-refractivity contribution in [1.82, 2.24) is 0 Å². The molecule has 1 N–H and O–H groups in total. The molecule has 0 aromatic heterocycles. The minimum atomic E-state index is -0.366. The zero-order valence-corrected chi connectivity index (χ0v) is 9.24. The number of ether oxygens (including phenoxy) is 2. The van der Waals surface area contributed by atoms with E-state index in [-0.39, 0.29) is 18.5 Å². The van der Waals surface area contributed by atoms with Crippen molar-refractivity contribution >= 4 is 5.97 Å². The third kappa shape index (κ3) is 2.59. The van der Waals surface area contributed by atoms with E-state index in [0.29, 0.717) is 23.5 Å². The number of aliphatic hydroxyl groups is 1. The molecule has 0 aliphatic carbocycles. The van der Waals surface area contributed by atoms with Gasteiger partial charge in [0.1, 0.15) is 0 Å². The van der Waals surface area contributed by atoms with E-state index in [1.165, 1.54) is 7.11 Å². The fraction of sp³-hybridized carbons (Fsp3) is 0.545. The van der Waals surface area contributed by atoms with Gasteiger partial charge in [0.2, 0.25) is 0 Å². The van der Waals surface area contributed by atoms with Crippen LogP contribution in [0.15, 0.2) is 23.2 Å². The van der Waals surface area contributed by atoms with Gasteiger partial charge in [-0.05, 0) is 25.3 Å². The van der Waals surface area contributed by atoms with Crippen LogP contribution in [-0.4, -0.2) is 24.8 Å². The predicted molar refractivity (Wildman–Crippen MR) is 54.8 cm³/mol. The maximum atomic E-state index is 11.2. The second kappa shape index (κ2) is 4.98. The average Bonchev–Trinajstić information content (AvgIpc) is 2.42. The quantitative estimate of drug-likeness (QED) is 0.715. The lowest BCUT2D eigenvalue weighted by Crippen LogP contribution is -1.99. The van der Waals surface area contributed by atoms with Gasteiger partial charge in [-0.25, -0.2) is 4.79 Å². The molecule has 0 fully saturated rings. The van der Waals surface area contributed by atoms with Gasteiger partial charge in [-0.1, -0.05) is 6.92 Å². The molecule has 0 saturated carbocycles. The van der Waals surface area contributed by atoms with Crippen LogP contribution in [0.5, 0.6) is 0 Å². The summed E-state index contributed by atoms with van der Waals surface area (Å²) < 4.78 is 10.1. The van der Waals surface area contributed by atoms with Gasteiger partial charge in [0.15, 0.2) is 11.5 Å². The minimum absolute atomic E-state index is 0.115. The van der Waals surface area contributed by atoms with Crippen molar-refractivity contribution < 1.29 is 19.4 Å². The van der Waals surface area contributed by atoms with E-state index < -0.39 is 0 Å². The zero-order chi connectivity index (χ0) is 11.4. The lowest BCUT2D eigenvalue weighted by Gasteiger charge is -2.07. The molecule has 0 aromatic carbocycles. The number of rotatable bonds is 4. The number of cyclic esters (lactones) is 1. The molecule has 4 nitrogen and oxygen atoms in total. The number of allylic oxidation sites excluding steroid dienone is 1. The highest BCUT2D eigenvalue weighted by Gasteiger charge is 2.27. The smallest absolute Gasteiger partial charge is 0.343 e. The van der Waals surface area contributed by atoms with E-state index in [2.05, 4.69) is 0 Å². The van der Waals surface area contributed by atoms with E-state index >= 15 is 0 Å². The van der Waals surface area contributed by atoms with E-state index in [0.717, 1.165) is 0 Å². The van der Waals surface area contributed by atoms with Crippen molar-refractivity contribution in [3.63, 3.8) is 0 Å². The molecule has 15 heavy (non-hydrogen) atoms. The molecule has 1 rings (SSSR count). The standard InChI is InChI=1S/C11H16O4/c1-7(4-5-12)6-9-10(14-3)8(2)11(13)15-9/h6-7,12H,4-5H2,1-3H3/b9-6+/t7-/m0/s1. The molecule has 0 unspecified atom stereocenters. The summed E-state index contributed by atoms with van der Waals surface area (Å²) in [7, 11) is 1.51. The molecule has 0 saturated heterocycles. The predicted octanol–water partition coefficient (Wildman–Crippen LogP) is 1.37. The number of methoxy groups -OCH3 is 1. The highest BCUT2D eigenvalue weighted by Crippen LogP contribution is 2.27. The minimum Gasteiger partial charge on any atom is -0.492 e. The highest BCUT2D eigenvalue weighted by atomic mass is 16.6. The number of aliphatic hydroxyl groups excluding tert-OH is 1. The van der Waals surface area contributed by atoms with Crippen LogP contribution in [0.3, 0.4) is 0 Å². The van der Waals surface area contributed by atoms with Crippen molar-refractivity contribution in [2.45, 2.75) is 20.3 Å². The summed E-state index contributed by atoms with van der Waals surface area (Å²) in [5, 5.41) is 8.76. The molecule has 0 radical (unpaired) electrons. The molecule has 84 valence electrons. The van der Waals surface area contributed by atoms with Crippen molar-refractivity contribution in [1.29, 1.82) is 0 Å². The molecule has 4 heteroatoms. The van der Waals surface area contributed by atoms with E-state index in [1.54, 1.807) is 13.0 Å². The Labute approximate surface area is 89.2 Å². The topological polar surface area (TPSA) is 55.8 Å². The summed E-state index contributed by atoms with van der Waals surface area (Å²) in [6.45, 7) is 3.72. The van der Waals surface area contributed by atoms with Gasteiger partial charge in [-0.2, -0.15) is 0 Å². The van der Waals surface area contributed by atoms with Crippen LogP contribution in [0.4, 0.5) is 0 Å². The normalized spacial score (nSPS) is 20.8. The summed E-state index contributed by atoms with van der Waals surface area (Å²) in [5.74, 6) is 0.730. The van der Waals surface area contributed by atoms with Crippen LogP contribution in [0.25, 0.3) is 0 Å². The first-order valence-electron chi connectivity index (χ1n) is 4.90. The average molecular weight is 212 g/mol. The Morgan fingerprint density at radius 1 is 1.60 bits per heavy atom. The van der Waals surface area contributed by atoms with Gasteiger partial charge in [-0.3, -0.25) is 0 Å². The number of carbonyl (C=O) groups is 1. The fourth-order valence-electron chi connectivity index (χ4n) is 1.41. The Hall–Kier alpha value is -1.29. The lowest BCUT2D eigenvalue weighted by molar-refractivity contribution is -0.133. The first-order valence-corrected chi connectivity index (χ1v) is 4.90. The Balaban J connectivity index is 2.84. The summed E-state index contributed by atoms with van der Waals surface area (Å²) in [6, 6.07) is 0. The van der Waals surface area contributed by atoms with Gasteiger partial charge in [-0.15, -0.1) is 0 Å². The number of hydrogen-bond donors (Lipinski definition) is 1. The molecule has 0 bridgehead atoms. The number of hydrogen-bond acceptors (Lipinski definition) is 4. The van der Waals surface area contributed by atoms with E-state index in [1.807, 2.05) is 6.92 Å². The van der Waals surface area contributed by atoms with E-state index in [9.17, 15) is 4.79 Å². The summed E-state index contributed by atoms with van der Waals surface area (Å²) in [6.07, 6.45) is 2.43. The first kappa shape index (κ1) is 11.8. The summed E-state index contributed by atoms with van der Waals surface area (Å²) >= 11 is 0. The van der Waals surface area contributed by atoms with Gasteiger partial charge in [0.25, 0.3) is 0 Å². The molecule has 1 atom stereocenters. The van der Waals surface area contributed by atoms with Crippen LogP contribution in [0, 0.1) is 5.92 Å². The third-order valence-corrected chi connectivity index (χ3v) is 2.30.